The number of likely N-dealkylation sites (tertiary alicyclic amines) is 1. The Balaban J connectivity index is 2.24. The van der Waals surface area contributed by atoms with Crippen molar-refractivity contribution < 1.29 is 24.2 Å². The molecule has 0 aromatic heterocycles. The molecule has 0 radical (unpaired) electrons. The average Bonchev–Trinajstić information content (AvgIpc) is 2.38. The van der Waals surface area contributed by atoms with Gasteiger partial charge < -0.3 is 20.1 Å². The number of piperidine rings is 1. The molecule has 102 valence electrons. The van der Waals surface area contributed by atoms with E-state index >= 15 is 0 Å². The number of carboxylic acids is 1. The van der Waals surface area contributed by atoms with Crippen LogP contribution in [-0.4, -0.2) is 54.7 Å². The van der Waals surface area contributed by atoms with Crippen LogP contribution >= 0.6 is 0 Å². The first-order valence-corrected chi connectivity index (χ1v) is 5.87. The summed E-state index contributed by atoms with van der Waals surface area (Å²) in [6.07, 6.45) is 1.08. The van der Waals surface area contributed by atoms with Gasteiger partial charge in [-0.2, -0.15) is 0 Å². The van der Waals surface area contributed by atoms with Crippen LogP contribution in [0.4, 0.5) is 4.79 Å². The number of amides is 2. The summed E-state index contributed by atoms with van der Waals surface area (Å²) in [5.41, 5.74) is 0. The maximum atomic E-state index is 11.7. The zero-order chi connectivity index (χ0) is 13.5. The Bertz CT molecular complexity index is 323. The van der Waals surface area contributed by atoms with Gasteiger partial charge >= 0.3 is 18.0 Å². The molecule has 2 N–H and O–H groups in total. The van der Waals surface area contributed by atoms with E-state index in [-0.39, 0.29) is 30.9 Å². The van der Waals surface area contributed by atoms with E-state index in [0.29, 0.717) is 25.9 Å². The molecule has 1 heterocycles. The normalized spacial score (nSPS) is 16.2. The third-order valence-electron chi connectivity index (χ3n) is 2.96. The molecule has 0 aliphatic carbocycles. The predicted octanol–water partition coefficient (Wildman–Crippen LogP) is 0.0557. The van der Waals surface area contributed by atoms with E-state index in [1.165, 1.54) is 7.11 Å². The Morgan fingerprint density at radius 3 is 2.44 bits per heavy atom. The maximum Gasteiger partial charge on any atom is 0.317 e. The van der Waals surface area contributed by atoms with Crippen LogP contribution in [0.1, 0.15) is 19.3 Å². The first-order valence-electron chi connectivity index (χ1n) is 5.87. The number of ether oxygens (including phenoxy) is 1. The van der Waals surface area contributed by atoms with Crippen molar-refractivity contribution in [1.29, 1.82) is 0 Å². The van der Waals surface area contributed by atoms with Gasteiger partial charge in [-0.25, -0.2) is 4.79 Å². The smallest absolute Gasteiger partial charge is 0.317 e. The van der Waals surface area contributed by atoms with E-state index in [1.807, 2.05) is 0 Å². The number of aliphatic carboxylic acids is 1. The molecule has 1 aliphatic rings. The van der Waals surface area contributed by atoms with Crippen LogP contribution in [0.5, 0.6) is 0 Å². The number of hydrogen-bond donors (Lipinski definition) is 2. The molecule has 7 heteroatoms. The van der Waals surface area contributed by atoms with Gasteiger partial charge in [0.2, 0.25) is 0 Å². The van der Waals surface area contributed by atoms with Gasteiger partial charge in [0.15, 0.2) is 0 Å². The molecule has 0 unspecified atom stereocenters. The van der Waals surface area contributed by atoms with Gasteiger partial charge in [0.25, 0.3) is 0 Å². The SMILES string of the molecule is COC(=O)CCNC(=O)N1CCC(C(=O)O)CC1. The fourth-order valence-corrected chi connectivity index (χ4v) is 1.81. The van der Waals surface area contributed by atoms with E-state index in [4.69, 9.17) is 5.11 Å². The third-order valence-corrected chi connectivity index (χ3v) is 2.96. The number of nitrogens with one attached hydrogen (secondary N) is 1. The Hall–Kier alpha value is -1.79. The number of hydrogen-bond acceptors (Lipinski definition) is 4. The third kappa shape index (κ3) is 4.23. The summed E-state index contributed by atoms with van der Waals surface area (Å²) < 4.78 is 4.45. The summed E-state index contributed by atoms with van der Waals surface area (Å²) in [6.45, 7) is 1.09. The van der Waals surface area contributed by atoms with Gasteiger partial charge in [-0.1, -0.05) is 0 Å². The van der Waals surface area contributed by atoms with Crippen molar-refractivity contribution in [2.45, 2.75) is 19.3 Å². The Kier molecular flexibility index (Phi) is 5.41. The molecule has 0 atom stereocenters. The summed E-state index contributed by atoms with van der Waals surface area (Å²) in [5, 5.41) is 11.4. The van der Waals surface area contributed by atoms with E-state index in [1.54, 1.807) is 4.90 Å². The second-order valence-electron chi connectivity index (χ2n) is 4.16. The van der Waals surface area contributed by atoms with Crippen LogP contribution in [0.3, 0.4) is 0 Å². The topological polar surface area (TPSA) is 95.9 Å². The predicted molar refractivity (Wildman–Crippen MR) is 62.0 cm³/mol. The lowest BCUT2D eigenvalue weighted by Gasteiger charge is -2.30. The highest BCUT2D eigenvalue weighted by Gasteiger charge is 2.26. The van der Waals surface area contributed by atoms with Crippen molar-refractivity contribution in [1.82, 2.24) is 10.2 Å². The lowest BCUT2D eigenvalue weighted by atomic mass is 9.97. The number of esters is 1. The zero-order valence-electron chi connectivity index (χ0n) is 10.3. The van der Waals surface area contributed by atoms with Gasteiger partial charge in [-0.15, -0.1) is 0 Å². The maximum absolute atomic E-state index is 11.7. The molecule has 0 bridgehead atoms. The number of nitrogens with zero attached hydrogens (tertiary/aromatic N) is 1. The molecule has 0 spiro atoms. The average molecular weight is 258 g/mol. The molecule has 2 amide bonds. The number of methoxy groups -OCH3 is 1. The minimum Gasteiger partial charge on any atom is -0.481 e. The molecule has 0 aromatic carbocycles. The number of carbonyl (C=O) groups excluding carboxylic acids is 2. The number of carbonyl (C=O) groups is 3. The number of carboxylic acid groups (broad SMARTS) is 1. The molecule has 0 aromatic rings. The van der Waals surface area contributed by atoms with Crippen molar-refractivity contribution >= 4 is 18.0 Å². The first-order chi connectivity index (χ1) is 8.54. The fraction of sp³-hybridized carbons (Fsp3) is 0.727. The van der Waals surface area contributed by atoms with Crippen molar-refractivity contribution in [2.75, 3.05) is 26.7 Å². The summed E-state index contributed by atoms with van der Waals surface area (Å²) >= 11 is 0. The summed E-state index contributed by atoms with van der Waals surface area (Å²) in [4.78, 5) is 34.8. The molecule has 1 fully saturated rings. The zero-order valence-corrected chi connectivity index (χ0v) is 10.3. The number of urea groups is 1. The van der Waals surface area contributed by atoms with Gasteiger partial charge in [0, 0.05) is 19.6 Å². The number of rotatable bonds is 4. The standard InChI is InChI=1S/C11H18N2O5/c1-18-9(14)2-5-12-11(17)13-6-3-8(4-7-13)10(15)16/h8H,2-7H2,1H3,(H,12,17)(H,15,16). The summed E-state index contributed by atoms with van der Waals surface area (Å²) in [6, 6.07) is -0.261. The van der Waals surface area contributed by atoms with E-state index in [9.17, 15) is 14.4 Å². The van der Waals surface area contributed by atoms with Gasteiger partial charge in [-0.3, -0.25) is 9.59 Å². The Morgan fingerprint density at radius 2 is 1.94 bits per heavy atom. The van der Waals surface area contributed by atoms with Gasteiger partial charge in [0.05, 0.1) is 19.4 Å². The molecule has 1 aliphatic heterocycles. The second kappa shape index (κ2) is 6.83. The van der Waals surface area contributed by atoms with Crippen LogP contribution in [0.25, 0.3) is 0 Å². The van der Waals surface area contributed by atoms with Crippen molar-refractivity contribution in [3.05, 3.63) is 0 Å². The first kappa shape index (κ1) is 14.3. The lowest BCUT2D eigenvalue weighted by molar-refractivity contribution is -0.143. The van der Waals surface area contributed by atoms with Crippen molar-refractivity contribution in [3.63, 3.8) is 0 Å². The van der Waals surface area contributed by atoms with Crippen LogP contribution in [0.15, 0.2) is 0 Å². The van der Waals surface area contributed by atoms with Gasteiger partial charge in [-0.05, 0) is 12.8 Å². The van der Waals surface area contributed by atoms with Crippen LogP contribution in [0, 0.1) is 5.92 Å². The van der Waals surface area contributed by atoms with E-state index in [0.717, 1.165) is 0 Å². The van der Waals surface area contributed by atoms with Crippen LogP contribution in [-0.2, 0) is 14.3 Å². The Labute approximate surface area is 105 Å². The molecular weight excluding hydrogens is 240 g/mol. The molecule has 18 heavy (non-hydrogen) atoms. The van der Waals surface area contributed by atoms with Crippen molar-refractivity contribution in [2.24, 2.45) is 5.92 Å². The summed E-state index contributed by atoms with van der Waals surface area (Å²) in [5.74, 6) is -1.54. The second-order valence-corrected chi connectivity index (χ2v) is 4.16. The highest BCUT2D eigenvalue weighted by molar-refractivity contribution is 5.76. The highest BCUT2D eigenvalue weighted by Crippen LogP contribution is 2.16. The highest BCUT2D eigenvalue weighted by atomic mass is 16.5. The quantitative estimate of drug-likeness (QED) is 0.695. The molecule has 1 saturated heterocycles. The van der Waals surface area contributed by atoms with Gasteiger partial charge in [0.1, 0.15) is 0 Å². The van der Waals surface area contributed by atoms with E-state index in [2.05, 4.69) is 10.1 Å². The molecule has 7 nitrogen and oxygen atoms in total. The minimum atomic E-state index is -0.805. The van der Waals surface area contributed by atoms with Crippen LogP contribution in [0.2, 0.25) is 0 Å². The molecular formula is C11H18N2O5. The Morgan fingerprint density at radius 1 is 1.33 bits per heavy atom. The van der Waals surface area contributed by atoms with E-state index < -0.39 is 5.97 Å². The minimum absolute atomic E-state index is 0.133. The molecule has 1 rings (SSSR count). The lowest BCUT2D eigenvalue weighted by Crippen LogP contribution is -2.45. The molecule has 0 saturated carbocycles. The van der Waals surface area contributed by atoms with Crippen LogP contribution < -0.4 is 5.32 Å². The largest absolute Gasteiger partial charge is 0.481 e. The van der Waals surface area contributed by atoms with Crippen molar-refractivity contribution in [3.8, 4) is 0 Å². The summed E-state index contributed by atoms with van der Waals surface area (Å²) in [7, 11) is 1.29. The fourth-order valence-electron chi connectivity index (χ4n) is 1.81. The monoisotopic (exact) mass is 258 g/mol.